The lowest BCUT2D eigenvalue weighted by molar-refractivity contribution is -0.174. The summed E-state index contributed by atoms with van der Waals surface area (Å²) in [4.78, 5) is 23.6. The first-order valence-corrected chi connectivity index (χ1v) is 9.88. The zero-order valence-electron chi connectivity index (χ0n) is 16.8. The number of hydrogen-bond donors (Lipinski definition) is 1. The number of allylic oxidation sites excluding steroid dienone is 1. The molecule has 1 aliphatic heterocycles. The van der Waals surface area contributed by atoms with E-state index in [2.05, 4.69) is 4.74 Å². The van der Waals surface area contributed by atoms with Gasteiger partial charge < -0.3 is 19.3 Å². The smallest absolute Gasteiger partial charge is 0.376 e. The molecule has 0 radical (unpaired) electrons. The molecule has 0 aromatic heterocycles. The second-order valence-electron chi connectivity index (χ2n) is 7.89. The molecule has 1 spiro atoms. The van der Waals surface area contributed by atoms with Gasteiger partial charge in [0.15, 0.2) is 5.79 Å². The van der Waals surface area contributed by atoms with Gasteiger partial charge in [0.2, 0.25) is 0 Å². The number of rotatable bonds is 9. The van der Waals surface area contributed by atoms with Crippen LogP contribution in [0.1, 0.15) is 59.3 Å². The van der Waals surface area contributed by atoms with Gasteiger partial charge in [-0.2, -0.15) is 8.78 Å². The fraction of sp³-hybridized carbons (Fsp3) is 0.800. The van der Waals surface area contributed by atoms with Gasteiger partial charge in [0.25, 0.3) is 0 Å². The first-order chi connectivity index (χ1) is 13.1. The Morgan fingerprint density at radius 3 is 2.43 bits per heavy atom. The molecular formula is C20H30F2O6. The molecule has 1 heterocycles. The summed E-state index contributed by atoms with van der Waals surface area (Å²) >= 11 is 0. The quantitative estimate of drug-likeness (QED) is 0.586. The van der Waals surface area contributed by atoms with Crippen LogP contribution < -0.4 is 0 Å². The number of halogens is 2. The van der Waals surface area contributed by atoms with Crippen LogP contribution in [0.3, 0.4) is 0 Å². The average Bonchev–Trinajstić information content (AvgIpc) is 3.06. The van der Waals surface area contributed by atoms with Crippen LogP contribution in [0.4, 0.5) is 8.78 Å². The van der Waals surface area contributed by atoms with E-state index in [1.54, 1.807) is 0 Å². The Bertz CT molecular complexity index is 608. The van der Waals surface area contributed by atoms with E-state index in [0.717, 1.165) is 0 Å². The van der Waals surface area contributed by atoms with Crippen LogP contribution in [0.5, 0.6) is 0 Å². The molecule has 160 valence electrons. The van der Waals surface area contributed by atoms with Crippen molar-refractivity contribution < 1.29 is 37.7 Å². The highest BCUT2D eigenvalue weighted by Gasteiger charge is 2.47. The molecule has 0 amide bonds. The molecule has 2 aliphatic rings. The van der Waals surface area contributed by atoms with E-state index in [-0.39, 0.29) is 24.5 Å². The zero-order valence-corrected chi connectivity index (χ0v) is 16.8. The molecule has 1 unspecified atom stereocenters. The van der Waals surface area contributed by atoms with E-state index in [1.807, 2.05) is 13.8 Å². The molecule has 1 saturated heterocycles. The maximum absolute atomic E-state index is 14.5. The number of carbonyl (C=O) groups excluding carboxylic acids is 1. The molecule has 1 aliphatic carbocycles. The maximum atomic E-state index is 14.5. The Kier molecular flexibility index (Phi) is 7.56. The van der Waals surface area contributed by atoms with Crippen molar-refractivity contribution in [3.05, 3.63) is 11.1 Å². The number of aliphatic carboxylic acids is 1. The summed E-state index contributed by atoms with van der Waals surface area (Å²) in [5.74, 6) is -7.79. The molecule has 1 fully saturated rings. The summed E-state index contributed by atoms with van der Waals surface area (Å²) in [5, 5.41) is 9.72. The third-order valence-corrected chi connectivity index (χ3v) is 5.34. The second kappa shape index (κ2) is 9.31. The Morgan fingerprint density at radius 2 is 1.89 bits per heavy atom. The number of alkyl halides is 2. The molecule has 1 atom stereocenters. The van der Waals surface area contributed by atoms with Gasteiger partial charge in [0.05, 0.1) is 19.8 Å². The summed E-state index contributed by atoms with van der Waals surface area (Å²) in [7, 11) is 0. The van der Waals surface area contributed by atoms with Gasteiger partial charge >= 0.3 is 17.9 Å². The van der Waals surface area contributed by atoms with E-state index < -0.39 is 36.0 Å². The zero-order chi connectivity index (χ0) is 20.9. The van der Waals surface area contributed by atoms with Gasteiger partial charge in [0, 0.05) is 24.8 Å². The lowest BCUT2D eigenvalue weighted by Gasteiger charge is -2.36. The predicted octanol–water partition coefficient (Wildman–Crippen LogP) is 3.94. The lowest BCUT2D eigenvalue weighted by Crippen LogP contribution is -2.38. The average molecular weight is 404 g/mol. The van der Waals surface area contributed by atoms with Crippen LogP contribution in [-0.4, -0.2) is 48.6 Å². The summed E-state index contributed by atoms with van der Waals surface area (Å²) in [6, 6.07) is 0. The number of carbonyl (C=O) groups is 2. The number of carboxylic acid groups (broad SMARTS) is 1. The number of carboxylic acids is 1. The topological polar surface area (TPSA) is 82.1 Å². The summed E-state index contributed by atoms with van der Waals surface area (Å²) in [6.07, 6.45) is 1.03. The van der Waals surface area contributed by atoms with Crippen LogP contribution in [0, 0.1) is 11.8 Å². The highest BCUT2D eigenvalue weighted by molar-refractivity contribution is 5.88. The minimum atomic E-state index is -3.66. The Balaban J connectivity index is 2.31. The first-order valence-electron chi connectivity index (χ1n) is 9.88. The minimum absolute atomic E-state index is 0.0286. The number of esters is 1. The van der Waals surface area contributed by atoms with Crippen LogP contribution in [0.25, 0.3) is 0 Å². The molecule has 0 aromatic rings. The van der Waals surface area contributed by atoms with Crippen LogP contribution in [0.2, 0.25) is 0 Å². The standard InChI is InChI=1S/C20H30F2O6/c1-4-26-18(25)20(21,22)11-14(6-5-13(2)3)15-7-8-19(27-9-10-28-19)12-16(15)17(23)24/h13-14H,4-12H2,1-3H3,(H,23,24). The Hall–Kier alpha value is -1.54. The number of hydrogen-bond acceptors (Lipinski definition) is 5. The van der Waals surface area contributed by atoms with Gasteiger partial charge in [0.1, 0.15) is 0 Å². The monoisotopic (exact) mass is 404 g/mol. The fourth-order valence-electron chi connectivity index (χ4n) is 3.92. The molecule has 8 heteroatoms. The largest absolute Gasteiger partial charge is 0.478 e. The summed E-state index contributed by atoms with van der Waals surface area (Å²) in [6.45, 7) is 6.06. The van der Waals surface area contributed by atoms with Crippen molar-refractivity contribution in [2.24, 2.45) is 11.8 Å². The van der Waals surface area contributed by atoms with E-state index in [0.29, 0.717) is 44.5 Å². The Morgan fingerprint density at radius 1 is 1.25 bits per heavy atom. The molecule has 6 nitrogen and oxygen atoms in total. The molecule has 0 saturated carbocycles. The van der Waals surface area contributed by atoms with Crippen LogP contribution in [0.15, 0.2) is 11.1 Å². The molecule has 28 heavy (non-hydrogen) atoms. The molecule has 0 bridgehead atoms. The minimum Gasteiger partial charge on any atom is -0.478 e. The third-order valence-electron chi connectivity index (χ3n) is 5.34. The van der Waals surface area contributed by atoms with Crippen molar-refractivity contribution in [2.45, 2.75) is 71.0 Å². The van der Waals surface area contributed by atoms with Crippen LogP contribution >= 0.6 is 0 Å². The van der Waals surface area contributed by atoms with Crippen molar-refractivity contribution >= 4 is 11.9 Å². The van der Waals surface area contributed by atoms with Gasteiger partial charge in [-0.25, -0.2) is 9.59 Å². The molecule has 1 N–H and O–H groups in total. The van der Waals surface area contributed by atoms with E-state index >= 15 is 0 Å². The first kappa shape index (κ1) is 22.7. The van der Waals surface area contributed by atoms with Crippen molar-refractivity contribution in [2.75, 3.05) is 19.8 Å². The maximum Gasteiger partial charge on any atom is 0.376 e. The normalized spacial score (nSPS) is 20.6. The Labute approximate surface area is 164 Å². The number of ether oxygens (including phenoxy) is 3. The van der Waals surface area contributed by atoms with E-state index in [1.165, 1.54) is 6.92 Å². The van der Waals surface area contributed by atoms with E-state index in [9.17, 15) is 23.5 Å². The van der Waals surface area contributed by atoms with Crippen LogP contribution in [-0.2, 0) is 23.8 Å². The SMILES string of the molecule is CCOC(=O)C(F)(F)CC(CCC(C)C)C1=C(C(=O)O)CC2(CC1)OCCO2. The van der Waals surface area contributed by atoms with Gasteiger partial charge in [-0.3, -0.25) is 0 Å². The van der Waals surface area contributed by atoms with Crippen molar-refractivity contribution in [3.8, 4) is 0 Å². The highest BCUT2D eigenvalue weighted by atomic mass is 19.3. The predicted molar refractivity (Wildman–Crippen MR) is 96.9 cm³/mol. The molecule has 2 rings (SSSR count). The lowest BCUT2D eigenvalue weighted by atomic mass is 9.76. The third kappa shape index (κ3) is 5.50. The highest BCUT2D eigenvalue weighted by Crippen LogP contribution is 2.44. The van der Waals surface area contributed by atoms with Gasteiger partial charge in [-0.15, -0.1) is 0 Å². The van der Waals surface area contributed by atoms with Gasteiger partial charge in [-0.05, 0) is 31.6 Å². The second-order valence-corrected chi connectivity index (χ2v) is 7.89. The summed E-state index contributed by atoms with van der Waals surface area (Å²) in [5.41, 5.74) is 0.545. The fourth-order valence-corrected chi connectivity index (χ4v) is 3.92. The van der Waals surface area contributed by atoms with E-state index in [4.69, 9.17) is 9.47 Å². The van der Waals surface area contributed by atoms with Crippen molar-refractivity contribution in [1.29, 1.82) is 0 Å². The summed E-state index contributed by atoms with van der Waals surface area (Å²) < 4.78 is 44.7. The molecular weight excluding hydrogens is 374 g/mol. The van der Waals surface area contributed by atoms with Gasteiger partial charge in [-0.1, -0.05) is 25.8 Å². The molecule has 0 aromatic carbocycles. The van der Waals surface area contributed by atoms with Crippen molar-refractivity contribution in [3.63, 3.8) is 0 Å². The van der Waals surface area contributed by atoms with Crippen molar-refractivity contribution in [1.82, 2.24) is 0 Å².